The zero-order valence-electron chi connectivity index (χ0n) is 16.8. The van der Waals surface area contributed by atoms with Crippen LogP contribution in [-0.4, -0.2) is 57.7 Å². The predicted molar refractivity (Wildman–Crippen MR) is 111 cm³/mol. The van der Waals surface area contributed by atoms with Gasteiger partial charge in [-0.3, -0.25) is 4.79 Å². The molecule has 32 heavy (non-hydrogen) atoms. The van der Waals surface area contributed by atoms with Gasteiger partial charge in [-0.25, -0.2) is 0 Å². The lowest BCUT2D eigenvalue weighted by atomic mass is 10.1. The van der Waals surface area contributed by atoms with E-state index in [9.17, 15) is 30.3 Å². The fourth-order valence-electron chi connectivity index (χ4n) is 3.32. The summed E-state index contributed by atoms with van der Waals surface area (Å²) < 4.78 is 21.8. The molecule has 3 unspecified atom stereocenters. The fraction of sp³-hybridized carbons (Fsp3) is 0.227. The molecule has 3 aromatic rings. The number of phenolic OH excluding ortho intramolecular Hbond substituents is 1. The maximum absolute atomic E-state index is 13.0. The highest BCUT2D eigenvalue weighted by atomic mass is 16.7. The Labute approximate surface area is 180 Å². The number of aliphatic hydroxyl groups excluding tert-OH is 4. The van der Waals surface area contributed by atoms with Gasteiger partial charge in [-0.2, -0.15) is 0 Å². The molecule has 10 heteroatoms. The SMILES string of the molecule is COc1cc2c(=O)c(-c3ccc(O)cc3)coc2cc1OC1OC(CO)C(O)=C(O)C1O. The average Bonchev–Trinajstić information content (AvgIpc) is 2.80. The Morgan fingerprint density at radius 2 is 1.75 bits per heavy atom. The second kappa shape index (κ2) is 8.42. The van der Waals surface area contributed by atoms with E-state index in [4.69, 9.17) is 18.6 Å². The second-order valence-corrected chi connectivity index (χ2v) is 7.03. The van der Waals surface area contributed by atoms with Crippen molar-refractivity contribution in [3.8, 4) is 28.4 Å². The summed E-state index contributed by atoms with van der Waals surface area (Å²) in [4.78, 5) is 13.0. The third-order valence-corrected chi connectivity index (χ3v) is 5.05. The van der Waals surface area contributed by atoms with Gasteiger partial charge in [-0.15, -0.1) is 0 Å². The van der Waals surface area contributed by atoms with Crippen molar-refractivity contribution in [2.24, 2.45) is 0 Å². The van der Waals surface area contributed by atoms with Crippen LogP contribution in [0.5, 0.6) is 17.2 Å². The summed E-state index contributed by atoms with van der Waals surface area (Å²) in [5, 5.41) is 48.7. The topological polar surface area (TPSA) is 159 Å². The monoisotopic (exact) mass is 444 g/mol. The molecule has 1 aliphatic heterocycles. The van der Waals surface area contributed by atoms with E-state index in [0.29, 0.717) is 5.56 Å². The van der Waals surface area contributed by atoms with Crippen LogP contribution in [0.4, 0.5) is 0 Å². The van der Waals surface area contributed by atoms with Crippen LogP contribution in [0.3, 0.4) is 0 Å². The van der Waals surface area contributed by atoms with E-state index in [1.165, 1.54) is 37.6 Å². The minimum Gasteiger partial charge on any atom is -0.508 e. The fourth-order valence-corrected chi connectivity index (χ4v) is 3.32. The number of aromatic hydroxyl groups is 1. The van der Waals surface area contributed by atoms with E-state index < -0.39 is 36.6 Å². The molecule has 2 aromatic carbocycles. The van der Waals surface area contributed by atoms with Crippen LogP contribution >= 0.6 is 0 Å². The minimum absolute atomic E-state index is 0.0236. The number of aliphatic hydroxyl groups is 4. The van der Waals surface area contributed by atoms with Crippen molar-refractivity contribution in [3.63, 3.8) is 0 Å². The normalized spacial score (nSPS) is 21.0. The van der Waals surface area contributed by atoms with Gasteiger partial charge < -0.3 is 44.2 Å². The molecule has 0 spiro atoms. The summed E-state index contributed by atoms with van der Waals surface area (Å²) in [6.45, 7) is -0.660. The molecule has 0 radical (unpaired) electrons. The number of fused-ring (bicyclic) bond motifs is 1. The smallest absolute Gasteiger partial charge is 0.234 e. The van der Waals surface area contributed by atoms with Gasteiger partial charge in [0.1, 0.15) is 23.7 Å². The van der Waals surface area contributed by atoms with Gasteiger partial charge in [-0.05, 0) is 23.8 Å². The molecule has 0 fully saturated rings. The summed E-state index contributed by atoms with van der Waals surface area (Å²) in [5.74, 6) is -1.28. The number of methoxy groups -OCH3 is 1. The van der Waals surface area contributed by atoms with E-state index in [1.807, 2.05) is 0 Å². The number of rotatable bonds is 5. The van der Waals surface area contributed by atoms with E-state index in [0.717, 1.165) is 0 Å². The lowest BCUT2D eigenvalue weighted by molar-refractivity contribution is -0.192. The number of hydrogen-bond donors (Lipinski definition) is 5. The van der Waals surface area contributed by atoms with Crippen LogP contribution in [-0.2, 0) is 4.74 Å². The first kappa shape index (κ1) is 21.5. The number of benzene rings is 2. The van der Waals surface area contributed by atoms with Crippen molar-refractivity contribution in [2.45, 2.75) is 18.5 Å². The van der Waals surface area contributed by atoms with Crippen molar-refractivity contribution < 1.29 is 44.2 Å². The molecule has 1 aliphatic rings. The van der Waals surface area contributed by atoms with Gasteiger partial charge in [0.15, 0.2) is 29.1 Å². The van der Waals surface area contributed by atoms with Crippen LogP contribution < -0.4 is 14.9 Å². The predicted octanol–water partition coefficient (Wildman–Crippen LogP) is 1.96. The summed E-state index contributed by atoms with van der Waals surface area (Å²) in [5.41, 5.74) is 0.630. The van der Waals surface area contributed by atoms with Gasteiger partial charge in [0, 0.05) is 6.07 Å². The molecule has 10 nitrogen and oxygen atoms in total. The summed E-state index contributed by atoms with van der Waals surface area (Å²) in [6, 6.07) is 8.82. The van der Waals surface area contributed by atoms with Crippen molar-refractivity contribution in [1.82, 2.24) is 0 Å². The van der Waals surface area contributed by atoms with Crippen molar-refractivity contribution in [3.05, 3.63) is 64.4 Å². The summed E-state index contributed by atoms with van der Waals surface area (Å²) in [7, 11) is 1.34. The lowest BCUT2D eigenvalue weighted by Gasteiger charge is -2.32. The maximum Gasteiger partial charge on any atom is 0.234 e. The molecule has 0 amide bonds. The highest BCUT2D eigenvalue weighted by Gasteiger charge is 2.39. The number of hydrogen-bond acceptors (Lipinski definition) is 10. The van der Waals surface area contributed by atoms with E-state index in [1.54, 1.807) is 12.1 Å². The molecule has 1 aromatic heterocycles. The molecular weight excluding hydrogens is 424 g/mol. The van der Waals surface area contributed by atoms with E-state index in [-0.39, 0.29) is 39.2 Å². The van der Waals surface area contributed by atoms with Crippen LogP contribution in [0.1, 0.15) is 0 Å². The van der Waals surface area contributed by atoms with Gasteiger partial charge in [-0.1, -0.05) is 12.1 Å². The summed E-state index contributed by atoms with van der Waals surface area (Å²) in [6.07, 6.45) is -3.24. The Bertz CT molecular complexity index is 1230. The van der Waals surface area contributed by atoms with Gasteiger partial charge in [0.05, 0.1) is 24.7 Å². The van der Waals surface area contributed by atoms with Crippen molar-refractivity contribution >= 4 is 11.0 Å². The zero-order valence-corrected chi connectivity index (χ0v) is 16.8. The molecule has 0 saturated carbocycles. The Balaban J connectivity index is 1.73. The van der Waals surface area contributed by atoms with Gasteiger partial charge in [0.2, 0.25) is 11.7 Å². The first-order chi connectivity index (χ1) is 15.3. The Hall–Kier alpha value is -3.73. The van der Waals surface area contributed by atoms with Crippen molar-refractivity contribution in [1.29, 1.82) is 0 Å². The Morgan fingerprint density at radius 1 is 1.03 bits per heavy atom. The highest BCUT2D eigenvalue weighted by molar-refractivity contribution is 5.84. The largest absolute Gasteiger partial charge is 0.508 e. The van der Waals surface area contributed by atoms with Crippen LogP contribution in [0.15, 0.2) is 63.4 Å². The molecule has 0 bridgehead atoms. The summed E-state index contributed by atoms with van der Waals surface area (Å²) >= 11 is 0. The molecular formula is C22H20O10. The molecule has 0 aliphatic carbocycles. The average molecular weight is 444 g/mol. The number of ether oxygens (including phenoxy) is 3. The third kappa shape index (κ3) is 3.71. The zero-order chi connectivity index (χ0) is 23.0. The van der Waals surface area contributed by atoms with E-state index in [2.05, 4.69) is 0 Å². The van der Waals surface area contributed by atoms with Crippen molar-refractivity contribution in [2.75, 3.05) is 13.7 Å². The lowest BCUT2D eigenvalue weighted by Crippen LogP contribution is -2.45. The maximum atomic E-state index is 13.0. The van der Waals surface area contributed by atoms with Gasteiger partial charge in [0.25, 0.3) is 0 Å². The van der Waals surface area contributed by atoms with Crippen LogP contribution in [0.2, 0.25) is 0 Å². The Kier molecular flexibility index (Phi) is 5.66. The van der Waals surface area contributed by atoms with Crippen LogP contribution in [0, 0.1) is 0 Å². The standard InChI is InChI=1S/C22H20O10/c1-29-15-6-12-14(30-9-13(18(12)25)10-2-4-11(24)5-3-10)7-16(15)31-22-21(28)20(27)19(26)17(8-23)32-22/h2-7,9,17,21-24,26-28H,8H2,1H3. The molecule has 5 N–H and O–H groups in total. The molecule has 168 valence electrons. The first-order valence-electron chi connectivity index (χ1n) is 9.50. The highest BCUT2D eigenvalue weighted by Crippen LogP contribution is 2.35. The Morgan fingerprint density at radius 3 is 2.41 bits per heavy atom. The first-order valence-corrected chi connectivity index (χ1v) is 9.50. The molecule has 3 atom stereocenters. The second-order valence-electron chi connectivity index (χ2n) is 7.03. The quantitative estimate of drug-likeness (QED) is 0.394. The molecule has 2 heterocycles. The number of phenols is 1. The molecule has 0 saturated heterocycles. The van der Waals surface area contributed by atoms with Crippen LogP contribution in [0.25, 0.3) is 22.1 Å². The van der Waals surface area contributed by atoms with Gasteiger partial charge >= 0.3 is 0 Å². The minimum atomic E-state index is -1.73. The third-order valence-electron chi connectivity index (χ3n) is 5.05. The molecule has 4 rings (SSSR count). The van der Waals surface area contributed by atoms with E-state index >= 15 is 0 Å².